The molecule has 2 atom stereocenters. The van der Waals surface area contributed by atoms with Gasteiger partial charge in [0.25, 0.3) is 5.56 Å². The highest BCUT2D eigenvalue weighted by molar-refractivity contribution is 7.46. The zero-order valence-corrected chi connectivity index (χ0v) is 13.0. The molecule has 8 N–H and O–H groups in total. The molecular formula is C10H16N5O8P. The minimum Gasteiger partial charge on any atom is -0.394 e. The maximum absolute atomic E-state index is 11.0. The lowest BCUT2D eigenvalue weighted by atomic mass is 10.2. The van der Waals surface area contributed by atoms with Gasteiger partial charge in [-0.15, -0.1) is 0 Å². The number of rotatable bonds is 6. The molecule has 0 aromatic carbocycles. The lowest BCUT2D eigenvalue weighted by molar-refractivity contribution is -0.111. The number of aliphatic hydroxyl groups excluding tert-OH is 2. The van der Waals surface area contributed by atoms with E-state index in [-0.39, 0.29) is 11.5 Å². The van der Waals surface area contributed by atoms with Crippen molar-refractivity contribution in [2.24, 2.45) is 0 Å². The van der Waals surface area contributed by atoms with Crippen LogP contribution in [-0.4, -0.2) is 65.0 Å². The van der Waals surface area contributed by atoms with Crippen molar-refractivity contribution < 1.29 is 33.9 Å². The molecular weight excluding hydrogens is 349 g/mol. The molecule has 0 saturated heterocycles. The molecule has 2 heterocycles. The summed E-state index contributed by atoms with van der Waals surface area (Å²) in [4.78, 5) is 50.2. The van der Waals surface area contributed by atoms with Crippen molar-refractivity contribution in [2.45, 2.75) is 18.6 Å². The van der Waals surface area contributed by atoms with E-state index in [0.717, 1.165) is 0 Å². The molecule has 0 fully saturated rings. The maximum Gasteiger partial charge on any atom is 0.469 e. The van der Waals surface area contributed by atoms with Crippen molar-refractivity contribution in [2.75, 3.05) is 12.3 Å². The van der Waals surface area contributed by atoms with Crippen molar-refractivity contribution in [1.82, 2.24) is 19.9 Å². The number of carbonyl (C=O) groups is 1. The third-order valence-corrected chi connectivity index (χ3v) is 3.08. The van der Waals surface area contributed by atoms with Gasteiger partial charge in [0.15, 0.2) is 11.2 Å². The number of aldehydes is 1. The maximum atomic E-state index is 11.0. The average molecular weight is 365 g/mol. The molecule has 2 aromatic heterocycles. The number of anilines is 1. The number of nitrogens with zero attached hydrogens (tertiary/aromatic N) is 2. The van der Waals surface area contributed by atoms with Crippen molar-refractivity contribution in [3.05, 3.63) is 16.7 Å². The molecule has 0 saturated carbocycles. The van der Waals surface area contributed by atoms with E-state index in [1.54, 1.807) is 0 Å². The van der Waals surface area contributed by atoms with Crippen LogP contribution in [0.3, 0.4) is 0 Å². The molecule has 0 bridgehead atoms. The van der Waals surface area contributed by atoms with Crippen molar-refractivity contribution >= 4 is 31.2 Å². The van der Waals surface area contributed by atoms with Gasteiger partial charge in [0.1, 0.15) is 18.5 Å². The number of imidazole rings is 1. The predicted octanol–water partition coefficient (Wildman–Crippen LogP) is -2.37. The summed E-state index contributed by atoms with van der Waals surface area (Å²) in [6.07, 6.45) is -1.54. The number of aliphatic hydroxyl groups is 2. The second-order valence-corrected chi connectivity index (χ2v) is 5.53. The molecule has 0 amide bonds. The van der Waals surface area contributed by atoms with Gasteiger partial charge in [-0.05, 0) is 0 Å². The Morgan fingerprint density at radius 2 is 2.12 bits per heavy atom. The van der Waals surface area contributed by atoms with Gasteiger partial charge in [-0.3, -0.25) is 14.3 Å². The SMILES string of the molecule is Nc1nc2nc[nH]c2c(=O)[nH]1.O=CC[C@H](OP(=O)(O)O)[C@H](O)CO. The first-order valence-corrected chi connectivity index (χ1v) is 7.86. The number of aromatic amines is 2. The molecule has 0 spiro atoms. The summed E-state index contributed by atoms with van der Waals surface area (Å²) in [5, 5.41) is 17.4. The van der Waals surface area contributed by atoms with Crippen LogP contribution in [0, 0.1) is 0 Å². The number of nitrogen functional groups attached to an aromatic ring is 1. The summed E-state index contributed by atoms with van der Waals surface area (Å²) in [6, 6.07) is 0. The van der Waals surface area contributed by atoms with E-state index in [0.29, 0.717) is 17.5 Å². The second kappa shape index (κ2) is 8.63. The molecule has 2 aromatic rings. The van der Waals surface area contributed by atoms with Crippen LogP contribution in [0.4, 0.5) is 5.95 Å². The molecule has 14 heteroatoms. The Morgan fingerprint density at radius 1 is 1.46 bits per heavy atom. The lowest BCUT2D eigenvalue weighted by Gasteiger charge is -2.19. The van der Waals surface area contributed by atoms with Crippen molar-refractivity contribution in [1.29, 1.82) is 0 Å². The summed E-state index contributed by atoms with van der Waals surface area (Å²) in [7, 11) is -4.75. The van der Waals surface area contributed by atoms with Gasteiger partial charge in [0.2, 0.25) is 5.95 Å². The van der Waals surface area contributed by atoms with Crippen LogP contribution < -0.4 is 11.3 Å². The number of hydrogen-bond donors (Lipinski definition) is 7. The van der Waals surface area contributed by atoms with Gasteiger partial charge >= 0.3 is 7.82 Å². The average Bonchev–Trinajstić information content (AvgIpc) is 2.94. The van der Waals surface area contributed by atoms with Gasteiger partial charge in [-0.25, -0.2) is 9.55 Å². The van der Waals surface area contributed by atoms with E-state index in [4.69, 9.17) is 25.7 Å². The monoisotopic (exact) mass is 365 g/mol. The number of fused-ring (bicyclic) bond motifs is 1. The fraction of sp³-hybridized carbons (Fsp3) is 0.400. The van der Waals surface area contributed by atoms with Crippen molar-refractivity contribution in [3.63, 3.8) is 0 Å². The smallest absolute Gasteiger partial charge is 0.394 e. The molecule has 134 valence electrons. The fourth-order valence-electron chi connectivity index (χ4n) is 1.52. The highest BCUT2D eigenvalue weighted by Gasteiger charge is 2.27. The van der Waals surface area contributed by atoms with Gasteiger partial charge in [0, 0.05) is 6.42 Å². The third kappa shape index (κ3) is 6.16. The van der Waals surface area contributed by atoms with E-state index in [9.17, 15) is 14.2 Å². The number of H-pyrrole nitrogens is 2. The highest BCUT2D eigenvalue weighted by atomic mass is 31.2. The fourth-order valence-corrected chi connectivity index (χ4v) is 2.10. The van der Waals surface area contributed by atoms with Crippen LogP contribution in [-0.2, 0) is 13.9 Å². The van der Waals surface area contributed by atoms with Crippen LogP contribution in [0.2, 0.25) is 0 Å². The Balaban J connectivity index is 0.000000242. The minimum atomic E-state index is -4.75. The van der Waals surface area contributed by atoms with E-state index in [2.05, 4.69) is 24.5 Å². The van der Waals surface area contributed by atoms with Gasteiger partial charge in [0.05, 0.1) is 12.9 Å². The Hall–Kier alpha value is -2.15. The van der Waals surface area contributed by atoms with Gasteiger partial charge in [-0.1, -0.05) is 0 Å². The summed E-state index contributed by atoms with van der Waals surface area (Å²) in [5.74, 6) is 0.0783. The molecule has 0 aliphatic heterocycles. The normalized spacial score (nSPS) is 13.8. The van der Waals surface area contributed by atoms with Crippen LogP contribution in [0.1, 0.15) is 6.42 Å². The van der Waals surface area contributed by atoms with Crippen LogP contribution in [0.25, 0.3) is 11.2 Å². The van der Waals surface area contributed by atoms with Crippen LogP contribution in [0.15, 0.2) is 11.1 Å². The molecule has 0 radical (unpaired) electrons. The van der Waals surface area contributed by atoms with E-state index < -0.39 is 33.1 Å². The predicted molar refractivity (Wildman–Crippen MR) is 79.6 cm³/mol. The van der Waals surface area contributed by atoms with Gasteiger partial charge in [-0.2, -0.15) is 4.98 Å². The zero-order chi connectivity index (χ0) is 18.3. The van der Waals surface area contributed by atoms with E-state index in [1.165, 1.54) is 6.33 Å². The number of aromatic nitrogens is 4. The quantitative estimate of drug-likeness (QED) is 0.211. The number of phosphoric acid groups is 1. The summed E-state index contributed by atoms with van der Waals surface area (Å²) in [5.41, 5.74) is 5.65. The first kappa shape index (κ1) is 19.9. The molecule has 0 aliphatic rings. The number of nitrogens with two attached hydrogens (primary N) is 1. The summed E-state index contributed by atoms with van der Waals surface area (Å²) >= 11 is 0. The van der Waals surface area contributed by atoms with Crippen LogP contribution >= 0.6 is 7.82 Å². The lowest BCUT2D eigenvalue weighted by Crippen LogP contribution is -2.31. The summed E-state index contributed by atoms with van der Waals surface area (Å²) in [6.45, 7) is -0.738. The molecule has 24 heavy (non-hydrogen) atoms. The van der Waals surface area contributed by atoms with Gasteiger partial charge < -0.3 is 35.5 Å². The molecule has 2 rings (SSSR count). The minimum absolute atomic E-state index is 0.0783. The van der Waals surface area contributed by atoms with Crippen molar-refractivity contribution in [3.8, 4) is 0 Å². The highest BCUT2D eigenvalue weighted by Crippen LogP contribution is 2.38. The first-order chi connectivity index (χ1) is 11.2. The Labute approximate surface area is 133 Å². The molecule has 13 nitrogen and oxygen atoms in total. The standard InChI is InChI=1S/C5H5N5O.C5H11O7P/c6-5-9-3-2(4(11)10-5)7-1-8-3;6-2-1-5(4(8)3-7)12-13(9,10)11/h1H,(H4,6,7,8,9,10,11);2,4-5,7-8H,1,3H2,(H2,9,10,11)/t;4-,5+/m.1/s1. The topological polar surface area (TPSA) is 225 Å². The number of nitrogens with one attached hydrogen (secondary N) is 2. The Bertz CT molecular complexity index is 770. The van der Waals surface area contributed by atoms with E-state index >= 15 is 0 Å². The Kier molecular flexibility index (Phi) is 7.16. The van der Waals surface area contributed by atoms with E-state index in [1.807, 2.05) is 0 Å². The first-order valence-electron chi connectivity index (χ1n) is 6.33. The number of carbonyl (C=O) groups excluding carboxylic acids is 1. The Morgan fingerprint density at radius 3 is 2.67 bits per heavy atom. The second-order valence-electron chi connectivity index (χ2n) is 4.34. The van der Waals surface area contributed by atoms with Crippen LogP contribution in [0.5, 0.6) is 0 Å². The third-order valence-electron chi connectivity index (χ3n) is 2.53. The zero-order valence-electron chi connectivity index (χ0n) is 12.1. The molecule has 0 aliphatic carbocycles. The molecule has 0 unspecified atom stereocenters. The number of hydrogen-bond acceptors (Lipinski definition) is 9. The number of phosphoric ester groups is 1. The largest absolute Gasteiger partial charge is 0.469 e. The summed E-state index contributed by atoms with van der Waals surface area (Å²) < 4.78 is 14.4.